The van der Waals surface area contributed by atoms with E-state index < -0.39 is 30.2 Å². The highest BCUT2D eigenvalue weighted by atomic mass is 16.7. The summed E-state index contributed by atoms with van der Waals surface area (Å²) in [7, 11) is 6.33. The normalized spacial score (nSPS) is 44.0. The molecule has 21 heavy (non-hydrogen) atoms. The second-order valence-electron chi connectivity index (χ2n) is 5.58. The molecule has 0 saturated carbocycles. The third-order valence-electron chi connectivity index (χ3n) is 4.46. The summed E-state index contributed by atoms with van der Waals surface area (Å²) in [5, 5.41) is 11.0. The van der Waals surface area contributed by atoms with Gasteiger partial charge in [0.2, 0.25) is 0 Å². The zero-order chi connectivity index (χ0) is 15.5. The van der Waals surface area contributed by atoms with Crippen LogP contribution >= 0.6 is 0 Å². The lowest BCUT2D eigenvalue weighted by Gasteiger charge is -2.49. The Morgan fingerprint density at radius 2 is 1.62 bits per heavy atom. The number of methoxy groups -OCH3 is 4. The van der Waals surface area contributed by atoms with E-state index in [0.29, 0.717) is 12.8 Å². The smallest absolute Gasteiger partial charge is 0.186 e. The monoisotopic (exact) mass is 302 g/mol. The zero-order valence-electron chi connectivity index (χ0n) is 13.2. The van der Waals surface area contributed by atoms with Gasteiger partial charge in [-0.3, -0.25) is 0 Å². The third kappa shape index (κ3) is 3.16. The van der Waals surface area contributed by atoms with Gasteiger partial charge in [-0.1, -0.05) is 12.2 Å². The summed E-state index contributed by atoms with van der Waals surface area (Å²) in [6, 6.07) is 0. The minimum Gasteiger partial charge on any atom is -0.387 e. The SMILES string of the molecule is CO[C@H]1O[C@H](C2(O)CC=CCC2)[C@@H](OC)[C@H](OC)[C@H]1OC. The fraction of sp³-hybridized carbons (Fsp3) is 0.867. The topological polar surface area (TPSA) is 66.4 Å². The van der Waals surface area contributed by atoms with Gasteiger partial charge in [-0.25, -0.2) is 0 Å². The molecule has 1 N–H and O–H groups in total. The van der Waals surface area contributed by atoms with Crippen LogP contribution in [0.4, 0.5) is 0 Å². The number of hydrogen-bond donors (Lipinski definition) is 1. The highest BCUT2D eigenvalue weighted by Crippen LogP contribution is 2.38. The Balaban J connectivity index is 2.28. The Morgan fingerprint density at radius 3 is 2.10 bits per heavy atom. The van der Waals surface area contributed by atoms with Gasteiger partial charge in [0.1, 0.15) is 24.4 Å². The fourth-order valence-corrected chi connectivity index (χ4v) is 3.31. The van der Waals surface area contributed by atoms with Crippen molar-refractivity contribution in [3.05, 3.63) is 12.2 Å². The Labute approximate surface area is 126 Å². The Kier molecular flexibility index (Phi) is 5.76. The average Bonchev–Trinajstić information content (AvgIpc) is 2.53. The maximum Gasteiger partial charge on any atom is 0.186 e. The second kappa shape index (κ2) is 7.17. The molecule has 0 aromatic carbocycles. The quantitative estimate of drug-likeness (QED) is 0.760. The lowest BCUT2D eigenvalue weighted by atomic mass is 9.79. The van der Waals surface area contributed by atoms with Crippen molar-refractivity contribution in [3.8, 4) is 0 Å². The van der Waals surface area contributed by atoms with E-state index in [1.807, 2.05) is 6.08 Å². The van der Waals surface area contributed by atoms with E-state index in [9.17, 15) is 5.11 Å². The molecule has 0 aromatic rings. The van der Waals surface area contributed by atoms with E-state index in [0.717, 1.165) is 6.42 Å². The molecule has 6 nitrogen and oxygen atoms in total. The van der Waals surface area contributed by atoms with Crippen LogP contribution in [-0.4, -0.2) is 69.9 Å². The van der Waals surface area contributed by atoms with Crippen LogP contribution in [0.5, 0.6) is 0 Å². The molecular weight excluding hydrogens is 276 g/mol. The summed E-state index contributed by atoms with van der Waals surface area (Å²) in [4.78, 5) is 0. The highest BCUT2D eigenvalue weighted by Gasteiger charge is 2.54. The van der Waals surface area contributed by atoms with Crippen LogP contribution in [0, 0.1) is 0 Å². The lowest BCUT2D eigenvalue weighted by molar-refractivity contribution is -0.329. The van der Waals surface area contributed by atoms with Gasteiger partial charge in [0.05, 0.1) is 5.60 Å². The molecular formula is C15H26O6. The number of hydrogen-bond acceptors (Lipinski definition) is 6. The molecule has 0 spiro atoms. The summed E-state index contributed by atoms with van der Waals surface area (Å²) >= 11 is 0. The fourth-order valence-electron chi connectivity index (χ4n) is 3.31. The lowest BCUT2D eigenvalue weighted by Crippen LogP contribution is -2.66. The minimum atomic E-state index is -0.984. The van der Waals surface area contributed by atoms with Gasteiger partial charge >= 0.3 is 0 Å². The summed E-state index contributed by atoms with van der Waals surface area (Å²) in [6.45, 7) is 0. The van der Waals surface area contributed by atoms with E-state index in [2.05, 4.69) is 6.08 Å². The van der Waals surface area contributed by atoms with Crippen LogP contribution in [0.2, 0.25) is 0 Å². The van der Waals surface area contributed by atoms with Crippen molar-refractivity contribution >= 4 is 0 Å². The molecule has 6 atom stereocenters. The summed E-state index contributed by atoms with van der Waals surface area (Å²) in [5.41, 5.74) is -0.984. The number of ether oxygens (including phenoxy) is 5. The molecule has 0 radical (unpaired) electrons. The number of allylic oxidation sites excluding steroid dienone is 1. The van der Waals surface area contributed by atoms with Gasteiger partial charge in [0.15, 0.2) is 6.29 Å². The molecule has 1 heterocycles. The van der Waals surface area contributed by atoms with Gasteiger partial charge in [-0.2, -0.15) is 0 Å². The van der Waals surface area contributed by atoms with Crippen LogP contribution in [-0.2, 0) is 23.7 Å². The minimum absolute atomic E-state index is 0.376. The van der Waals surface area contributed by atoms with Gasteiger partial charge in [-0.15, -0.1) is 0 Å². The van der Waals surface area contributed by atoms with Crippen molar-refractivity contribution in [3.63, 3.8) is 0 Å². The molecule has 6 heteroatoms. The maximum absolute atomic E-state index is 11.0. The van der Waals surface area contributed by atoms with Gasteiger partial charge in [-0.05, 0) is 19.3 Å². The molecule has 1 unspecified atom stereocenters. The molecule has 2 rings (SSSR count). The first-order chi connectivity index (χ1) is 10.1. The standard InChI is InChI=1S/C15H26O6/c1-17-10-11(18-2)13(15(16)8-6-5-7-9-15)21-14(20-4)12(10)19-3/h5-6,10-14,16H,7-9H2,1-4H3/t10-,11-,12+,13-,14-,15?/m0/s1. The largest absolute Gasteiger partial charge is 0.387 e. The van der Waals surface area contributed by atoms with Crippen LogP contribution in [0.25, 0.3) is 0 Å². The van der Waals surface area contributed by atoms with Crippen LogP contribution in [0.15, 0.2) is 12.2 Å². The first-order valence-electron chi connectivity index (χ1n) is 7.25. The highest BCUT2D eigenvalue weighted by molar-refractivity contribution is 5.08. The Hall–Kier alpha value is -0.500. The average molecular weight is 302 g/mol. The van der Waals surface area contributed by atoms with Crippen molar-refractivity contribution in [1.29, 1.82) is 0 Å². The van der Waals surface area contributed by atoms with E-state index in [4.69, 9.17) is 23.7 Å². The molecule has 0 aromatic heterocycles. The van der Waals surface area contributed by atoms with E-state index >= 15 is 0 Å². The Morgan fingerprint density at radius 1 is 0.952 bits per heavy atom. The van der Waals surface area contributed by atoms with Crippen molar-refractivity contribution in [2.45, 2.75) is 55.6 Å². The van der Waals surface area contributed by atoms with Crippen LogP contribution in [0.1, 0.15) is 19.3 Å². The second-order valence-corrected chi connectivity index (χ2v) is 5.58. The van der Waals surface area contributed by atoms with Gasteiger partial charge in [0.25, 0.3) is 0 Å². The van der Waals surface area contributed by atoms with Crippen molar-refractivity contribution in [2.24, 2.45) is 0 Å². The van der Waals surface area contributed by atoms with E-state index in [1.165, 1.54) is 0 Å². The predicted octanol–water partition coefficient (Wildman–Crippen LogP) is 0.874. The molecule has 1 aliphatic carbocycles. The molecule has 0 amide bonds. The molecule has 1 aliphatic heterocycles. The Bertz CT molecular complexity index is 360. The predicted molar refractivity (Wildman–Crippen MR) is 76.0 cm³/mol. The third-order valence-corrected chi connectivity index (χ3v) is 4.46. The first-order valence-corrected chi connectivity index (χ1v) is 7.25. The number of rotatable bonds is 5. The van der Waals surface area contributed by atoms with E-state index in [1.54, 1.807) is 28.4 Å². The molecule has 0 bridgehead atoms. The van der Waals surface area contributed by atoms with Crippen molar-refractivity contribution in [1.82, 2.24) is 0 Å². The maximum atomic E-state index is 11.0. The molecule has 1 saturated heterocycles. The van der Waals surface area contributed by atoms with Crippen LogP contribution in [0.3, 0.4) is 0 Å². The number of aliphatic hydroxyl groups is 1. The van der Waals surface area contributed by atoms with Crippen LogP contribution < -0.4 is 0 Å². The molecule has 1 fully saturated rings. The van der Waals surface area contributed by atoms with Crippen molar-refractivity contribution in [2.75, 3.05) is 28.4 Å². The summed E-state index contributed by atoms with van der Waals surface area (Å²) in [6.07, 6.45) is 3.66. The molecule has 122 valence electrons. The zero-order valence-corrected chi connectivity index (χ0v) is 13.2. The van der Waals surface area contributed by atoms with Crippen molar-refractivity contribution < 1.29 is 28.8 Å². The molecule has 2 aliphatic rings. The summed E-state index contributed by atoms with van der Waals surface area (Å²) in [5.74, 6) is 0. The van der Waals surface area contributed by atoms with E-state index in [-0.39, 0.29) is 6.10 Å². The summed E-state index contributed by atoms with van der Waals surface area (Å²) < 4.78 is 27.9. The van der Waals surface area contributed by atoms with Gasteiger partial charge in [0, 0.05) is 28.4 Å². The first kappa shape index (κ1) is 16.9. The van der Waals surface area contributed by atoms with Gasteiger partial charge < -0.3 is 28.8 Å².